The summed E-state index contributed by atoms with van der Waals surface area (Å²) in [4.78, 5) is 14.3. The third-order valence-electron chi connectivity index (χ3n) is 4.75. The fourth-order valence-corrected chi connectivity index (χ4v) is 3.37. The molecule has 2 heteroatoms. The first kappa shape index (κ1) is 11.1. The lowest BCUT2D eigenvalue weighted by Gasteiger charge is -2.20. The number of hydrogen-bond acceptors (Lipinski definition) is 2. The van der Waals surface area contributed by atoms with E-state index in [-0.39, 0.29) is 6.04 Å². The summed E-state index contributed by atoms with van der Waals surface area (Å²) in [5.74, 6) is 0.441. The van der Waals surface area contributed by atoms with E-state index < -0.39 is 0 Å². The molecular weight excluding hydrogens is 186 g/mol. The number of carbonyl (C=O) groups is 1. The van der Waals surface area contributed by atoms with Crippen molar-refractivity contribution in [3.63, 3.8) is 0 Å². The van der Waals surface area contributed by atoms with Gasteiger partial charge in [-0.1, -0.05) is 27.7 Å². The van der Waals surface area contributed by atoms with E-state index in [0.29, 0.717) is 23.0 Å². The van der Waals surface area contributed by atoms with Gasteiger partial charge in [0.2, 0.25) is 0 Å². The highest BCUT2D eigenvalue weighted by molar-refractivity contribution is 5.84. The van der Waals surface area contributed by atoms with Crippen molar-refractivity contribution in [3.05, 3.63) is 0 Å². The van der Waals surface area contributed by atoms with E-state index in [0.717, 1.165) is 19.5 Å². The topological polar surface area (TPSA) is 20.3 Å². The highest BCUT2D eigenvalue weighted by Gasteiger charge is 2.65. The molecule has 2 aliphatic rings. The largest absolute Gasteiger partial charge is 0.298 e. The van der Waals surface area contributed by atoms with E-state index in [4.69, 9.17) is 0 Å². The Bertz CT molecular complexity index is 284. The highest BCUT2D eigenvalue weighted by Crippen LogP contribution is 2.68. The molecule has 2 fully saturated rings. The maximum atomic E-state index is 11.9. The number of hydrogen-bond donors (Lipinski definition) is 0. The van der Waals surface area contributed by atoms with Gasteiger partial charge in [0, 0.05) is 13.0 Å². The van der Waals surface area contributed by atoms with Crippen LogP contribution in [0, 0.1) is 10.8 Å². The third-order valence-corrected chi connectivity index (χ3v) is 4.75. The van der Waals surface area contributed by atoms with Crippen molar-refractivity contribution in [3.8, 4) is 0 Å². The zero-order valence-electron chi connectivity index (χ0n) is 10.5. The van der Waals surface area contributed by atoms with Crippen molar-refractivity contribution in [2.45, 2.75) is 53.0 Å². The number of nitrogens with zero attached hydrogens (tertiary/aromatic N) is 1. The predicted octanol–water partition coefficient (Wildman–Crippen LogP) is 2.48. The van der Waals surface area contributed by atoms with Crippen molar-refractivity contribution in [2.24, 2.45) is 10.8 Å². The highest BCUT2D eigenvalue weighted by atomic mass is 16.1. The zero-order chi connectivity index (χ0) is 11.3. The number of likely N-dealkylation sites (N-methyl/N-ethyl adjacent to an activating group) is 1. The fourth-order valence-electron chi connectivity index (χ4n) is 3.37. The molecule has 2 rings (SSSR count). The van der Waals surface area contributed by atoms with E-state index in [1.807, 2.05) is 6.92 Å². The van der Waals surface area contributed by atoms with E-state index in [9.17, 15) is 4.79 Å². The van der Waals surface area contributed by atoms with E-state index >= 15 is 0 Å². The van der Waals surface area contributed by atoms with E-state index in [1.165, 1.54) is 6.42 Å². The zero-order valence-corrected chi connectivity index (χ0v) is 10.5. The Morgan fingerprint density at radius 1 is 1.40 bits per heavy atom. The van der Waals surface area contributed by atoms with E-state index in [1.54, 1.807) is 0 Å². The first-order valence-corrected chi connectivity index (χ1v) is 6.22. The molecule has 0 bridgehead atoms. The predicted molar refractivity (Wildman–Crippen MR) is 61.8 cm³/mol. The lowest BCUT2D eigenvalue weighted by atomic mass is 9.92. The van der Waals surface area contributed by atoms with Gasteiger partial charge in [-0.15, -0.1) is 0 Å². The van der Waals surface area contributed by atoms with E-state index in [2.05, 4.69) is 25.7 Å². The van der Waals surface area contributed by atoms with Gasteiger partial charge in [-0.05, 0) is 30.2 Å². The van der Waals surface area contributed by atoms with Gasteiger partial charge in [0.1, 0.15) is 5.78 Å². The second-order valence-electron chi connectivity index (χ2n) is 5.94. The van der Waals surface area contributed by atoms with Crippen LogP contribution < -0.4 is 0 Å². The van der Waals surface area contributed by atoms with Crippen molar-refractivity contribution >= 4 is 5.78 Å². The van der Waals surface area contributed by atoms with Gasteiger partial charge >= 0.3 is 0 Å². The molecule has 0 radical (unpaired) electrons. The normalized spacial score (nSPS) is 38.5. The number of Topliss-reactive ketones (excluding diaryl/α,β-unsaturated/α-hetero) is 1. The number of ketones is 1. The van der Waals surface area contributed by atoms with Gasteiger partial charge in [0.05, 0.1) is 6.04 Å². The summed E-state index contributed by atoms with van der Waals surface area (Å²) in [6, 6.07) is 0.224. The Labute approximate surface area is 93.0 Å². The maximum absolute atomic E-state index is 11.9. The molecule has 2 atom stereocenters. The lowest BCUT2D eigenvalue weighted by molar-refractivity contribution is -0.123. The first-order valence-electron chi connectivity index (χ1n) is 6.22. The molecule has 0 aromatic carbocycles. The standard InChI is InChI=1S/C13H23NO/c1-5-11(15)10-7-13(8-12(13,3)4)9-14(10)6-2/h10H,5-9H2,1-4H3/t10-,13+/m0/s1. The molecule has 86 valence electrons. The summed E-state index contributed by atoms with van der Waals surface area (Å²) in [5, 5.41) is 0. The molecule has 0 amide bonds. The van der Waals surface area contributed by atoms with Gasteiger partial charge < -0.3 is 0 Å². The lowest BCUT2D eigenvalue weighted by Crippen LogP contribution is -2.35. The Balaban J connectivity index is 2.12. The molecule has 0 aromatic rings. The first-order chi connectivity index (χ1) is 6.96. The molecule has 0 N–H and O–H groups in total. The summed E-state index contributed by atoms with van der Waals surface area (Å²) in [5.41, 5.74) is 0.946. The van der Waals surface area contributed by atoms with Crippen molar-refractivity contribution in [2.75, 3.05) is 13.1 Å². The second kappa shape index (κ2) is 3.31. The van der Waals surface area contributed by atoms with Crippen LogP contribution in [0.15, 0.2) is 0 Å². The van der Waals surface area contributed by atoms with Gasteiger partial charge in [-0.2, -0.15) is 0 Å². The van der Waals surface area contributed by atoms with Crippen LogP contribution in [0.4, 0.5) is 0 Å². The molecule has 1 aliphatic heterocycles. The molecular formula is C13H23NO. The van der Waals surface area contributed by atoms with Crippen LogP contribution in [0.1, 0.15) is 47.0 Å². The summed E-state index contributed by atoms with van der Waals surface area (Å²) in [6.07, 6.45) is 3.11. The maximum Gasteiger partial charge on any atom is 0.149 e. The monoisotopic (exact) mass is 209 g/mol. The number of carbonyl (C=O) groups excluding carboxylic acids is 1. The van der Waals surface area contributed by atoms with Crippen molar-refractivity contribution in [1.82, 2.24) is 4.90 Å². The summed E-state index contributed by atoms with van der Waals surface area (Å²) >= 11 is 0. The summed E-state index contributed by atoms with van der Waals surface area (Å²) in [6.45, 7) is 11.0. The van der Waals surface area contributed by atoms with Gasteiger partial charge in [0.15, 0.2) is 0 Å². The van der Waals surface area contributed by atoms with Crippen LogP contribution in [-0.2, 0) is 4.79 Å². The Morgan fingerprint density at radius 3 is 2.40 bits per heavy atom. The smallest absolute Gasteiger partial charge is 0.149 e. The Hall–Kier alpha value is -0.370. The quantitative estimate of drug-likeness (QED) is 0.711. The summed E-state index contributed by atoms with van der Waals surface area (Å²) in [7, 11) is 0. The minimum absolute atomic E-state index is 0.224. The van der Waals surface area contributed by atoms with Gasteiger partial charge in [-0.3, -0.25) is 9.69 Å². The molecule has 1 saturated carbocycles. The molecule has 1 aliphatic carbocycles. The third kappa shape index (κ3) is 1.54. The van der Waals surface area contributed by atoms with Crippen LogP contribution in [0.3, 0.4) is 0 Å². The molecule has 2 nitrogen and oxygen atoms in total. The van der Waals surface area contributed by atoms with Crippen molar-refractivity contribution in [1.29, 1.82) is 0 Å². The van der Waals surface area contributed by atoms with Crippen LogP contribution >= 0.6 is 0 Å². The molecule has 1 spiro atoms. The fraction of sp³-hybridized carbons (Fsp3) is 0.923. The summed E-state index contributed by atoms with van der Waals surface area (Å²) < 4.78 is 0. The average molecular weight is 209 g/mol. The van der Waals surface area contributed by atoms with Crippen LogP contribution in [0.2, 0.25) is 0 Å². The number of rotatable bonds is 3. The van der Waals surface area contributed by atoms with Crippen molar-refractivity contribution < 1.29 is 4.79 Å². The van der Waals surface area contributed by atoms with Gasteiger partial charge in [0.25, 0.3) is 0 Å². The Morgan fingerprint density at radius 2 is 2.00 bits per heavy atom. The molecule has 1 saturated heterocycles. The second-order valence-corrected chi connectivity index (χ2v) is 5.94. The molecule has 0 unspecified atom stereocenters. The van der Waals surface area contributed by atoms with Crippen LogP contribution in [0.5, 0.6) is 0 Å². The minimum Gasteiger partial charge on any atom is -0.298 e. The minimum atomic E-state index is 0.224. The average Bonchev–Trinajstić information content (AvgIpc) is 2.59. The number of likely N-dealkylation sites (tertiary alicyclic amines) is 1. The molecule has 1 heterocycles. The van der Waals surface area contributed by atoms with Gasteiger partial charge in [-0.25, -0.2) is 0 Å². The Kier molecular flexibility index (Phi) is 2.45. The van der Waals surface area contributed by atoms with Crippen LogP contribution in [-0.4, -0.2) is 29.8 Å². The van der Waals surface area contributed by atoms with Crippen LogP contribution in [0.25, 0.3) is 0 Å². The molecule has 15 heavy (non-hydrogen) atoms. The molecule has 0 aromatic heterocycles. The SMILES string of the molecule is CCC(=O)[C@@H]1C[C@]2(CN1CC)CC2(C)C.